The summed E-state index contributed by atoms with van der Waals surface area (Å²) in [6.45, 7) is 4.24. The summed E-state index contributed by atoms with van der Waals surface area (Å²) in [5.74, 6) is 1.19. The molecule has 0 radical (unpaired) electrons. The third-order valence-corrected chi connectivity index (χ3v) is 3.34. The van der Waals surface area contributed by atoms with E-state index in [0.717, 1.165) is 29.7 Å². The Hall–Kier alpha value is -0.610. The third kappa shape index (κ3) is 2.16. The van der Waals surface area contributed by atoms with E-state index in [9.17, 15) is 0 Å². The molecule has 1 aliphatic heterocycles. The van der Waals surface area contributed by atoms with Crippen LogP contribution in [0.4, 0.5) is 0 Å². The predicted octanol–water partition coefficient (Wildman–Crippen LogP) is 2.10. The van der Waals surface area contributed by atoms with Crippen molar-refractivity contribution in [1.29, 1.82) is 0 Å². The molecule has 0 spiro atoms. The van der Waals surface area contributed by atoms with E-state index in [4.69, 9.17) is 4.74 Å². The van der Waals surface area contributed by atoms with Crippen molar-refractivity contribution in [3.8, 4) is 5.88 Å². The summed E-state index contributed by atoms with van der Waals surface area (Å²) in [5, 5.41) is 3.40. The minimum atomic E-state index is 0.511. The normalized spacial score (nSPS) is 20.6. The second-order valence-corrected chi connectivity index (χ2v) is 4.72. The number of rotatable bonds is 1. The molecule has 0 aromatic carbocycles. The highest BCUT2D eigenvalue weighted by Gasteiger charge is 2.18. The summed E-state index contributed by atoms with van der Waals surface area (Å²) in [7, 11) is 1.65. The Morgan fingerprint density at radius 2 is 2.40 bits per heavy atom. The molecule has 3 nitrogen and oxygen atoms in total. The van der Waals surface area contributed by atoms with Crippen LogP contribution in [0.3, 0.4) is 0 Å². The lowest BCUT2D eigenvalue weighted by molar-refractivity contribution is 0.393. The zero-order chi connectivity index (χ0) is 10.8. The van der Waals surface area contributed by atoms with Gasteiger partial charge in [0.05, 0.1) is 11.6 Å². The van der Waals surface area contributed by atoms with Crippen molar-refractivity contribution in [2.45, 2.75) is 19.3 Å². The van der Waals surface area contributed by atoms with E-state index < -0.39 is 0 Å². The Morgan fingerprint density at radius 3 is 3.13 bits per heavy atom. The summed E-state index contributed by atoms with van der Waals surface area (Å²) in [6.07, 6.45) is 0.976. The van der Waals surface area contributed by atoms with Gasteiger partial charge in [0, 0.05) is 25.2 Å². The first-order chi connectivity index (χ1) is 7.22. The van der Waals surface area contributed by atoms with Crippen LogP contribution in [0, 0.1) is 0 Å². The van der Waals surface area contributed by atoms with E-state index in [0.29, 0.717) is 11.8 Å². The number of ether oxygens (including phenoxy) is 1. The molecule has 0 aliphatic carbocycles. The summed E-state index contributed by atoms with van der Waals surface area (Å²) < 4.78 is 6.15. The maximum Gasteiger partial charge on any atom is 0.227 e. The highest BCUT2D eigenvalue weighted by Crippen LogP contribution is 2.30. The second-order valence-electron chi connectivity index (χ2n) is 3.87. The van der Waals surface area contributed by atoms with Gasteiger partial charge in [-0.3, -0.25) is 0 Å². The van der Waals surface area contributed by atoms with Crippen LogP contribution in [0.15, 0.2) is 10.5 Å². The highest BCUT2D eigenvalue weighted by molar-refractivity contribution is 9.10. The molecule has 0 fully saturated rings. The summed E-state index contributed by atoms with van der Waals surface area (Å²) >= 11 is 3.48. The number of nitrogens with zero attached hydrogens (tertiary/aromatic N) is 1. The van der Waals surface area contributed by atoms with E-state index in [-0.39, 0.29) is 0 Å². The zero-order valence-electron chi connectivity index (χ0n) is 9.01. The Balaban J connectivity index is 2.46. The van der Waals surface area contributed by atoms with Crippen molar-refractivity contribution in [3.63, 3.8) is 0 Å². The minimum Gasteiger partial charge on any atom is -0.480 e. The summed E-state index contributed by atoms with van der Waals surface area (Å²) in [5.41, 5.74) is 2.49. The lowest BCUT2D eigenvalue weighted by Crippen LogP contribution is -2.18. The van der Waals surface area contributed by atoms with Crippen molar-refractivity contribution >= 4 is 15.9 Å². The standard InChI is InChI=1S/C11H15BrN2O/c1-7-6-13-4-3-10-8(7)5-9(12)11(14-10)15-2/h5,7,13H,3-4,6H2,1-2H3/t7-/m1/s1. The molecule has 15 heavy (non-hydrogen) atoms. The third-order valence-electron chi connectivity index (χ3n) is 2.77. The van der Waals surface area contributed by atoms with Crippen LogP contribution in [0.1, 0.15) is 24.1 Å². The molecule has 0 amide bonds. The molecule has 2 rings (SSSR count). The molecule has 0 saturated carbocycles. The molecule has 0 unspecified atom stereocenters. The largest absolute Gasteiger partial charge is 0.480 e. The van der Waals surface area contributed by atoms with Gasteiger partial charge in [-0.05, 0) is 33.5 Å². The molecular formula is C11H15BrN2O. The van der Waals surface area contributed by atoms with Gasteiger partial charge < -0.3 is 10.1 Å². The van der Waals surface area contributed by atoms with Crippen molar-refractivity contribution < 1.29 is 4.74 Å². The first kappa shape index (κ1) is 10.9. The van der Waals surface area contributed by atoms with E-state index in [1.54, 1.807) is 7.11 Å². The topological polar surface area (TPSA) is 34.1 Å². The van der Waals surface area contributed by atoms with Crippen LogP contribution in [0.25, 0.3) is 0 Å². The smallest absolute Gasteiger partial charge is 0.227 e. The molecule has 4 heteroatoms. The van der Waals surface area contributed by atoms with Crippen molar-refractivity contribution in [3.05, 3.63) is 21.8 Å². The fourth-order valence-electron chi connectivity index (χ4n) is 1.93. The van der Waals surface area contributed by atoms with Crippen molar-refractivity contribution in [1.82, 2.24) is 10.3 Å². The highest BCUT2D eigenvalue weighted by atomic mass is 79.9. The van der Waals surface area contributed by atoms with Crippen LogP contribution in [0.5, 0.6) is 5.88 Å². The van der Waals surface area contributed by atoms with Crippen LogP contribution >= 0.6 is 15.9 Å². The number of methoxy groups -OCH3 is 1. The molecule has 2 heterocycles. The number of hydrogen-bond donors (Lipinski definition) is 1. The van der Waals surface area contributed by atoms with Gasteiger partial charge in [0.25, 0.3) is 0 Å². The van der Waals surface area contributed by atoms with E-state index in [1.807, 2.05) is 0 Å². The minimum absolute atomic E-state index is 0.511. The van der Waals surface area contributed by atoms with Crippen LogP contribution < -0.4 is 10.1 Å². The van der Waals surface area contributed by atoms with Gasteiger partial charge in [0.1, 0.15) is 0 Å². The monoisotopic (exact) mass is 270 g/mol. The van der Waals surface area contributed by atoms with Gasteiger partial charge in [0.2, 0.25) is 5.88 Å². The average Bonchev–Trinajstić information content (AvgIpc) is 2.40. The summed E-state index contributed by atoms with van der Waals surface area (Å²) in [4.78, 5) is 4.53. The van der Waals surface area contributed by atoms with Gasteiger partial charge in [-0.25, -0.2) is 4.98 Å². The molecule has 1 N–H and O–H groups in total. The molecule has 1 aromatic rings. The van der Waals surface area contributed by atoms with E-state index >= 15 is 0 Å². The Labute approximate surface area is 98.4 Å². The van der Waals surface area contributed by atoms with E-state index in [1.165, 1.54) is 5.56 Å². The van der Waals surface area contributed by atoms with Gasteiger partial charge in [-0.2, -0.15) is 0 Å². The Kier molecular flexibility index (Phi) is 3.26. The second kappa shape index (κ2) is 4.49. The first-order valence-electron chi connectivity index (χ1n) is 5.16. The fourth-order valence-corrected chi connectivity index (χ4v) is 2.42. The van der Waals surface area contributed by atoms with Crippen LogP contribution in [-0.4, -0.2) is 25.2 Å². The maximum atomic E-state index is 5.21. The molecule has 82 valence electrons. The van der Waals surface area contributed by atoms with Crippen molar-refractivity contribution in [2.24, 2.45) is 0 Å². The van der Waals surface area contributed by atoms with Crippen molar-refractivity contribution in [2.75, 3.05) is 20.2 Å². The predicted molar refractivity (Wildman–Crippen MR) is 63.5 cm³/mol. The van der Waals surface area contributed by atoms with Gasteiger partial charge in [0.15, 0.2) is 0 Å². The number of nitrogens with one attached hydrogen (secondary N) is 1. The van der Waals surface area contributed by atoms with Gasteiger partial charge in [-0.1, -0.05) is 6.92 Å². The Morgan fingerprint density at radius 1 is 1.60 bits per heavy atom. The lowest BCUT2D eigenvalue weighted by atomic mass is 10.00. The molecule has 0 bridgehead atoms. The number of fused-ring (bicyclic) bond motifs is 1. The molecule has 1 atom stereocenters. The maximum absolute atomic E-state index is 5.21. The summed E-state index contributed by atoms with van der Waals surface area (Å²) in [6, 6.07) is 2.14. The number of hydrogen-bond acceptors (Lipinski definition) is 3. The molecular weight excluding hydrogens is 256 g/mol. The molecule has 1 aliphatic rings. The first-order valence-corrected chi connectivity index (χ1v) is 5.95. The Bertz CT molecular complexity index is 368. The zero-order valence-corrected chi connectivity index (χ0v) is 10.6. The van der Waals surface area contributed by atoms with Crippen LogP contribution in [0.2, 0.25) is 0 Å². The number of halogens is 1. The number of pyridine rings is 1. The lowest BCUT2D eigenvalue weighted by Gasteiger charge is -2.13. The van der Waals surface area contributed by atoms with Gasteiger partial charge in [-0.15, -0.1) is 0 Å². The number of aromatic nitrogens is 1. The SMILES string of the molecule is COc1nc2c(cc1Br)[C@H](C)CNCC2. The van der Waals surface area contributed by atoms with Crippen LogP contribution in [-0.2, 0) is 6.42 Å². The molecule has 0 saturated heterocycles. The van der Waals surface area contributed by atoms with Gasteiger partial charge >= 0.3 is 0 Å². The quantitative estimate of drug-likeness (QED) is 0.849. The fraction of sp³-hybridized carbons (Fsp3) is 0.545. The average molecular weight is 271 g/mol. The molecule has 1 aromatic heterocycles. The van der Waals surface area contributed by atoms with E-state index in [2.05, 4.69) is 39.2 Å².